The summed E-state index contributed by atoms with van der Waals surface area (Å²) < 4.78 is 0. The van der Waals surface area contributed by atoms with Gasteiger partial charge in [0.1, 0.15) is 6.10 Å². The van der Waals surface area contributed by atoms with Crippen molar-refractivity contribution in [3.05, 3.63) is 12.2 Å². The molecule has 8 nitrogen and oxygen atoms in total. The third-order valence-electron chi connectivity index (χ3n) is 1.75. The molecular weight excluding hydrogens is 248 g/mol. The average Bonchev–Trinajstić information content (AvgIpc) is 2.28. The molecule has 0 fully saturated rings. The van der Waals surface area contributed by atoms with Gasteiger partial charge < -0.3 is 30.6 Å². The van der Waals surface area contributed by atoms with E-state index in [1.165, 1.54) is 6.92 Å². The van der Waals surface area contributed by atoms with Crippen molar-refractivity contribution in [1.82, 2.24) is 0 Å². The number of carboxylic acids is 2. The maximum atomic E-state index is 10.0. The molecule has 0 amide bonds. The maximum absolute atomic E-state index is 10.0. The fourth-order valence-corrected chi connectivity index (χ4v) is 0.608. The van der Waals surface area contributed by atoms with E-state index in [9.17, 15) is 9.59 Å². The highest BCUT2D eigenvalue weighted by atomic mass is 16.4. The molecule has 0 aliphatic heterocycles. The molecular formula is C10H18O8. The van der Waals surface area contributed by atoms with Gasteiger partial charge in [-0.2, -0.15) is 0 Å². The van der Waals surface area contributed by atoms with Crippen LogP contribution in [0, 0.1) is 0 Å². The SMILES string of the molecule is C=C(C)C(=O)O.O=C(O)C(O)CC(O)C(O)CO. The first kappa shape index (κ1) is 18.9. The van der Waals surface area contributed by atoms with E-state index in [-0.39, 0.29) is 5.57 Å². The number of rotatable bonds is 6. The van der Waals surface area contributed by atoms with Gasteiger partial charge in [-0.1, -0.05) is 6.58 Å². The monoisotopic (exact) mass is 266 g/mol. The van der Waals surface area contributed by atoms with E-state index in [0.717, 1.165) is 0 Å². The van der Waals surface area contributed by atoms with E-state index in [1.54, 1.807) is 0 Å². The third kappa shape index (κ3) is 9.73. The summed E-state index contributed by atoms with van der Waals surface area (Å²) in [5.41, 5.74) is 0.176. The summed E-state index contributed by atoms with van der Waals surface area (Å²) in [6.45, 7) is 3.93. The van der Waals surface area contributed by atoms with Crippen molar-refractivity contribution in [3.63, 3.8) is 0 Å². The molecule has 6 N–H and O–H groups in total. The van der Waals surface area contributed by atoms with Crippen LogP contribution in [0.4, 0.5) is 0 Å². The zero-order valence-corrected chi connectivity index (χ0v) is 9.85. The Morgan fingerprint density at radius 2 is 1.50 bits per heavy atom. The molecule has 0 aromatic rings. The lowest BCUT2D eigenvalue weighted by molar-refractivity contribution is -0.149. The van der Waals surface area contributed by atoms with Crippen LogP contribution in [0.1, 0.15) is 13.3 Å². The first-order valence-electron chi connectivity index (χ1n) is 4.90. The normalized spacial score (nSPS) is 14.7. The zero-order chi connectivity index (χ0) is 14.9. The van der Waals surface area contributed by atoms with E-state index >= 15 is 0 Å². The fraction of sp³-hybridized carbons (Fsp3) is 0.600. The number of aliphatic carboxylic acids is 2. The molecule has 8 heteroatoms. The Balaban J connectivity index is 0. The van der Waals surface area contributed by atoms with Gasteiger partial charge in [-0.25, -0.2) is 9.59 Å². The molecule has 0 spiro atoms. The molecule has 106 valence electrons. The van der Waals surface area contributed by atoms with Crippen molar-refractivity contribution in [2.24, 2.45) is 0 Å². The fourth-order valence-electron chi connectivity index (χ4n) is 0.608. The molecule has 0 aromatic heterocycles. The Hall–Kier alpha value is -1.48. The van der Waals surface area contributed by atoms with Crippen LogP contribution in [0.5, 0.6) is 0 Å². The number of carbonyl (C=O) groups is 2. The molecule has 0 aliphatic carbocycles. The molecule has 0 rings (SSSR count). The summed E-state index contributed by atoms with van der Waals surface area (Å²) in [7, 11) is 0. The highest BCUT2D eigenvalue weighted by Gasteiger charge is 2.23. The number of carboxylic acid groups (broad SMARTS) is 2. The number of hydrogen-bond donors (Lipinski definition) is 6. The first-order valence-corrected chi connectivity index (χ1v) is 4.90. The molecule has 0 heterocycles. The molecule has 0 radical (unpaired) electrons. The third-order valence-corrected chi connectivity index (χ3v) is 1.75. The van der Waals surface area contributed by atoms with Crippen molar-refractivity contribution in [2.45, 2.75) is 31.7 Å². The second-order valence-corrected chi connectivity index (χ2v) is 3.49. The number of hydrogen-bond acceptors (Lipinski definition) is 6. The van der Waals surface area contributed by atoms with Crippen LogP contribution in [0.2, 0.25) is 0 Å². The van der Waals surface area contributed by atoms with Gasteiger partial charge in [-0.05, 0) is 6.92 Å². The molecule has 0 aromatic carbocycles. The van der Waals surface area contributed by atoms with Crippen LogP contribution < -0.4 is 0 Å². The Labute approximate surface area is 103 Å². The maximum Gasteiger partial charge on any atom is 0.332 e. The number of aliphatic hydroxyl groups excluding tert-OH is 4. The lowest BCUT2D eigenvalue weighted by atomic mass is 10.1. The summed E-state index contributed by atoms with van der Waals surface area (Å²) in [5, 5.41) is 50.7. The van der Waals surface area contributed by atoms with Crippen molar-refractivity contribution in [1.29, 1.82) is 0 Å². The van der Waals surface area contributed by atoms with Gasteiger partial charge in [0.15, 0.2) is 6.10 Å². The molecule has 0 aliphatic rings. The minimum atomic E-state index is -1.72. The summed E-state index contributed by atoms with van der Waals surface area (Å²) in [6.07, 6.45) is -5.07. The van der Waals surface area contributed by atoms with Crippen molar-refractivity contribution < 1.29 is 40.2 Å². The Morgan fingerprint density at radius 3 is 1.72 bits per heavy atom. The number of aliphatic hydroxyl groups is 4. The van der Waals surface area contributed by atoms with Gasteiger partial charge in [-0.3, -0.25) is 0 Å². The van der Waals surface area contributed by atoms with Gasteiger partial charge in [0.05, 0.1) is 12.7 Å². The summed E-state index contributed by atoms with van der Waals surface area (Å²) in [4.78, 5) is 19.6. The molecule has 3 unspecified atom stereocenters. The second kappa shape index (κ2) is 9.54. The Morgan fingerprint density at radius 1 is 1.11 bits per heavy atom. The van der Waals surface area contributed by atoms with Gasteiger partial charge in [0.25, 0.3) is 0 Å². The van der Waals surface area contributed by atoms with Crippen molar-refractivity contribution in [2.75, 3.05) is 6.61 Å². The van der Waals surface area contributed by atoms with Gasteiger partial charge in [0, 0.05) is 12.0 Å². The van der Waals surface area contributed by atoms with Crippen LogP contribution in [0.3, 0.4) is 0 Å². The van der Waals surface area contributed by atoms with Crippen molar-refractivity contribution in [3.8, 4) is 0 Å². The van der Waals surface area contributed by atoms with Crippen LogP contribution in [0.15, 0.2) is 12.2 Å². The van der Waals surface area contributed by atoms with Crippen molar-refractivity contribution >= 4 is 11.9 Å². The Bertz CT molecular complexity index is 276. The molecule has 18 heavy (non-hydrogen) atoms. The molecule has 3 atom stereocenters. The summed E-state index contributed by atoms with van der Waals surface area (Å²) in [6, 6.07) is 0. The smallest absolute Gasteiger partial charge is 0.332 e. The second-order valence-electron chi connectivity index (χ2n) is 3.49. The minimum absolute atomic E-state index is 0.176. The zero-order valence-electron chi connectivity index (χ0n) is 9.85. The largest absolute Gasteiger partial charge is 0.479 e. The van der Waals surface area contributed by atoms with E-state index in [2.05, 4.69) is 6.58 Å². The predicted molar refractivity (Wildman–Crippen MR) is 59.8 cm³/mol. The lowest BCUT2D eigenvalue weighted by Gasteiger charge is -2.16. The first-order chi connectivity index (χ1) is 8.13. The van der Waals surface area contributed by atoms with Gasteiger partial charge in [-0.15, -0.1) is 0 Å². The van der Waals surface area contributed by atoms with E-state index < -0.39 is 43.3 Å². The van der Waals surface area contributed by atoms with E-state index in [0.29, 0.717) is 0 Å². The molecule has 0 bridgehead atoms. The quantitative estimate of drug-likeness (QED) is 0.307. The molecule has 0 saturated carbocycles. The highest BCUT2D eigenvalue weighted by Crippen LogP contribution is 2.02. The topological polar surface area (TPSA) is 156 Å². The average molecular weight is 266 g/mol. The summed E-state index contributed by atoms with van der Waals surface area (Å²) in [5.74, 6) is -2.41. The Kier molecular flexibility index (Phi) is 10.0. The highest BCUT2D eigenvalue weighted by molar-refractivity contribution is 5.84. The summed E-state index contributed by atoms with van der Waals surface area (Å²) >= 11 is 0. The van der Waals surface area contributed by atoms with Crippen LogP contribution in [0.25, 0.3) is 0 Å². The van der Waals surface area contributed by atoms with E-state index in [4.69, 9.17) is 30.6 Å². The standard InChI is InChI=1S/C6H12O6.C4H6O2/c7-2-5(10)3(8)1-4(9)6(11)12;1-3(2)4(5)6/h3-5,7-10H,1-2H2,(H,11,12);1H2,2H3,(H,5,6). The van der Waals surface area contributed by atoms with Crippen LogP contribution in [-0.4, -0.2) is 67.5 Å². The van der Waals surface area contributed by atoms with Gasteiger partial charge >= 0.3 is 11.9 Å². The van der Waals surface area contributed by atoms with Gasteiger partial charge in [0.2, 0.25) is 0 Å². The predicted octanol–water partition coefficient (Wildman–Crippen LogP) is -1.82. The lowest BCUT2D eigenvalue weighted by Crippen LogP contribution is -2.35. The van der Waals surface area contributed by atoms with E-state index in [1.807, 2.05) is 0 Å². The minimum Gasteiger partial charge on any atom is -0.479 e. The van der Waals surface area contributed by atoms with Crippen LogP contribution in [-0.2, 0) is 9.59 Å². The van der Waals surface area contributed by atoms with Crippen LogP contribution >= 0.6 is 0 Å². The molecule has 0 saturated heterocycles.